The summed E-state index contributed by atoms with van der Waals surface area (Å²) in [5.74, 6) is 1.00. The predicted octanol–water partition coefficient (Wildman–Crippen LogP) is 1.68. The molecule has 2 aromatic heterocycles. The summed E-state index contributed by atoms with van der Waals surface area (Å²) >= 11 is 0. The molecule has 5 nitrogen and oxygen atoms in total. The van der Waals surface area contributed by atoms with E-state index in [0.717, 1.165) is 24.4 Å². The van der Waals surface area contributed by atoms with E-state index in [9.17, 15) is 0 Å². The van der Waals surface area contributed by atoms with Gasteiger partial charge in [0.15, 0.2) is 0 Å². The Hall–Kier alpha value is -1.59. The molecule has 2 aromatic rings. The van der Waals surface area contributed by atoms with Crippen molar-refractivity contribution in [2.24, 2.45) is 12.8 Å². The Morgan fingerprint density at radius 2 is 2.42 bits per heavy atom. The van der Waals surface area contributed by atoms with Crippen molar-refractivity contribution in [3.63, 3.8) is 0 Å². The molecule has 3 rings (SSSR count). The van der Waals surface area contributed by atoms with Gasteiger partial charge in [0, 0.05) is 37.4 Å². The van der Waals surface area contributed by atoms with Gasteiger partial charge < -0.3 is 10.2 Å². The summed E-state index contributed by atoms with van der Waals surface area (Å²) in [5.41, 5.74) is 7.37. The van der Waals surface area contributed by atoms with Gasteiger partial charge in [-0.1, -0.05) is 0 Å². The zero-order chi connectivity index (χ0) is 13.2. The molecule has 0 bridgehead atoms. The molecule has 1 atom stereocenters. The van der Waals surface area contributed by atoms with Gasteiger partial charge in [0.05, 0.1) is 19.0 Å². The molecule has 2 N–H and O–H groups in total. The first kappa shape index (κ1) is 12.4. The first-order chi connectivity index (χ1) is 9.22. The number of hydrogen-bond donors (Lipinski definition) is 1. The highest BCUT2D eigenvalue weighted by molar-refractivity contribution is 5.11. The van der Waals surface area contributed by atoms with Crippen LogP contribution in [0.4, 0.5) is 0 Å². The molecule has 1 unspecified atom stereocenters. The zero-order valence-electron chi connectivity index (χ0n) is 11.2. The van der Waals surface area contributed by atoms with E-state index in [0.29, 0.717) is 6.04 Å². The third-order valence-electron chi connectivity index (χ3n) is 3.59. The molecule has 1 saturated carbocycles. The Morgan fingerprint density at radius 3 is 3.00 bits per heavy atom. The quantitative estimate of drug-likeness (QED) is 0.858. The average molecular weight is 260 g/mol. The predicted molar refractivity (Wildman–Crippen MR) is 72.3 cm³/mol. The number of aromatic nitrogens is 2. The van der Waals surface area contributed by atoms with Crippen molar-refractivity contribution in [1.29, 1.82) is 0 Å². The molecule has 19 heavy (non-hydrogen) atoms. The lowest BCUT2D eigenvalue weighted by molar-refractivity contribution is 0.220. The van der Waals surface area contributed by atoms with Crippen LogP contribution in [0, 0.1) is 0 Å². The van der Waals surface area contributed by atoms with Crippen molar-refractivity contribution in [1.82, 2.24) is 14.7 Å². The summed E-state index contributed by atoms with van der Waals surface area (Å²) in [6, 6.07) is 4.61. The first-order valence-electron chi connectivity index (χ1n) is 6.73. The lowest BCUT2D eigenvalue weighted by Crippen LogP contribution is -2.33. The molecular weight excluding hydrogens is 240 g/mol. The third-order valence-corrected chi connectivity index (χ3v) is 3.59. The summed E-state index contributed by atoms with van der Waals surface area (Å²) in [6.07, 6.45) is 8.09. The van der Waals surface area contributed by atoms with Crippen molar-refractivity contribution in [3.05, 3.63) is 42.1 Å². The minimum atomic E-state index is 0.00395. The van der Waals surface area contributed by atoms with Crippen molar-refractivity contribution >= 4 is 0 Å². The minimum Gasteiger partial charge on any atom is -0.468 e. The largest absolute Gasteiger partial charge is 0.468 e. The van der Waals surface area contributed by atoms with Crippen LogP contribution in [0.3, 0.4) is 0 Å². The van der Waals surface area contributed by atoms with Crippen molar-refractivity contribution in [2.45, 2.75) is 31.5 Å². The van der Waals surface area contributed by atoms with Crippen LogP contribution in [0.2, 0.25) is 0 Å². The van der Waals surface area contributed by atoms with E-state index in [4.69, 9.17) is 10.2 Å². The number of rotatable bonds is 6. The Bertz CT molecular complexity index is 515. The molecule has 102 valence electrons. The first-order valence-corrected chi connectivity index (χ1v) is 6.73. The van der Waals surface area contributed by atoms with Gasteiger partial charge in [0.2, 0.25) is 0 Å². The lowest BCUT2D eigenvalue weighted by Gasteiger charge is -2.24. The van der Waals surface area contributed by atoms with Crippen LogP contribution in [-0.2, 0) is 13.6 Å². The van der Waals surface area contributed by atoms with E-state index in [-0.39, 0.29) is 6.04 Å². The number of nitrogens with zero attached hydrogens (tertiary/aromatic N) is 3. The summed E-state index contributed by atoms with van der Waals surface area (Å²) in [4.78, 5) is 2.41. The molecule has 0 spiro atoms. The molecular formula is C14H20N4O. The smallest absolute Gasteiger partial charge is 0.117 e. The second kappa shape index (κ2) is 5.19. The molecule has 0 aromatic carbocycles. The molecule has 1 aliphatic carbocycles. The van der Waals surface area contributed by atoms with Gasteiger partial charge in [-0.05, 0) is 25.0 Å². The number of hydrogen-bond acceptors (Lipinski definition) is 4. The summed E-state index contributed by atoms with van der Waals surface area (Å²) in [6.45, 7) is 1.68. The second-order valence-electron chi connectivity index (χ2n) is 5.29. The van der Waals surface area contributed by atoms with Crippen LogP contribution < -0.4 is 5.73 Å². The molecule has 5 heteroatoms. The van der Waals surface area contributed by atoms with E-state index in [1.54, 1.807) is 10.9 Å². The number of aryl methyl sites for hydroxylation is 1. The number of furan rings is 1. The number of nitrogens with two attached hydrogens (primary N) is 1. The maximum Gasteiger partial charge on any atom is 0.117 e. The Labute approximate surface area is 113 Å². The van der Waals surface area contributed by atoms with Gasteiger partial charge in [-0.3, -0.25) is 9.58 Å². The van der Waals surface area contributed by atoms with Gasteiger partial charge in [-0.25, -0.2) is 0 Å². The van der Waals surface area contributed by atoms with Crippen molar-refractivity contribution < 1.29 is 4.42 Å². The van der Waals surface area contributed by atoms with Crippen molar-refractivity contribution in [2.75, 3.05) is 6.54 Å². The molecule has 0 radical (unpaired) electrons. The van der Waals surface area contributed by atoms with Gasteiger partial charge in [-0.15, -0.1) is 0 Å². The Balaban J connectivity index is 1.64. The zero-order valence-corrected chi connectivity index (χ0v) is 11.2. The van der Waals surface area contributed by atoms with Gasteiger partial charge in [0.25, 0.3) is 0 Å². The molecule has 0 aliphatic heterocycles. The van der Waals surface area contributed by atoms with E-state index in [2.05, 4.69) is 10.00 Å². The maximum atomic E-state index is 6.28. The monoisotopic (exact) mass is 260 g/mol. The highest BCUT2D eigenvalue weighted by Gasteiger charge is 2.30. The van der Waals surface area contributed by atoms with Crippen LogP contribution >= 0.6 is 0 Å². The van der Waals surface area contributed by atoms with E-state index >= 15 is 0 Å². The molecule has 1 aliphatic rings. The highest BCUT2D eigenvalue weighted by atomic mass is 16.3. The lowest BCUT2D eigenvalue weighted by atomic mass is 10.1. The van der Waals surface area contributed by atoms with Crippen LogP contribution in [0.25, 0.3) is 0 Å². The highest BCUT2D eigenvalue weighted by Crippen LogP contribution is 2.29. The van der Waals surface area contributed by atoms with Crippen LogP contribution in [0.1, 0.15) is 30.2 Å². The Kier molecular flexibility index (Phi) is 3.40. The molecule has 0 saturated heterocycles. The fourth-order valence-electron chi connectivity index (χ4n) is 2.37. The van der Waals surface area contributed by atoms with E-state index in [1.165, 1.54) is 12.8 Å². The van der Waals surface area contributed by atoms with Gasteiger partial charge >= 0.3 is 0 Å². The van der Waals surface area contributed by atoms with Crippen molar-refractivity contribution in [3.8, 4) is 0 Å². The average Bonchev–Trinajstić information content (AvgIpc) is 2.94. The summed E-state index contributed by atoms with van der Waals surface area (Å²) < 4.78 is 7.23. The van der Waals surface area contributed by atoms with Gasteiger partial charge in [0.1, 0.15) is 5.76 Å². The normalized spacial score (nSPS) is 17.0. The standard InChI is InChI=1S/C14H20N4O/c1-17-8-11(7-16-17)14(15)10-18(12-4-5-12)9-13-3-2-6-19-13/h2-3,6-8,12,14H,4-5,9-10,15H2,1H3. The van der Waals surface area contributed by atoms with Gasteiger partial charge in [-0.2, -0.15) is 5.10 Å². The van der Waals surface area contributed by atoms with Crippen LogP contribution in [-0.4, -0.2) is 27.3 Å². The van der Waals surface area contributed by atoms with E-state index < -0.39 is 0 Å². The van der Waals surface area contributed by atoms with E-state index in [1.807, 2.05) is 31.6 Å². The third kappa shape index (κ3) is 3.05. The topological polar surface area (TPSA) is 60.2 Å². The molecule has 1 fully saturated rings. The Morgan fingerprint density at radius 1 is 1.58 bits per heavy atom. The van der Waals surface area contributed by atoms with Crippen LogP contribution in [0.15, 0.2) is 35.2 Å². The molecule has 0 amide bonds. The fourth-order valence-corrected chi connectivity index (χ4v) is 2.37. The fraction of sp³-hybridized carbons (Fsp3) is 0.500. The second-order valence-corrected chi connectivity index (χ2v) is 5.29. The maximum absolute atomic E-state index is 6.28. The summed E-state index contributed by atoms with van der Waals surface area (Å²) in [5, 5.41) is 4.18. The van der Waals surface area contributed by atoms with Crippen LogP contribution in [0.5, 0.6) is 0 Å². The SMILES string of the molecule is Cn1cc(C(N)CN(Cc2ccco2)C2CC2)cn1. The summed E-state index contributed by atoms with van der Waals surface area (Å²) in [7, 11) is 1.91. The minimum absolute atomic E-state index is 0.00395. The molecule has 2 heterocycles.